The van der Waals surface area contributed by atoms with Crippen LogP contribution in [-0.4, -0.2) is 23.5 Å². The van der Waals surface area contributed by atoms with Gasteiger partial charge in [0.25, 0.3) is 5.91 Å². The molecule has 1 heterocycles. The van der Waals surface area contributed by atoms with Crippen LogP contribution in [0.25, 0.3) is 0 Å². The summed E-state index contributed by atoms with van der Waals surface area (Å²) in [5.41, 5.74) is 0.625. The number of carbonyl (C=O) groups excluding carboxylic acids is 1. The van der Waals surface area contributed by atoms with Gasteiger partial charge in [-0.25, -0.2) is 0 Å². The number of nitrogens with one attached hydrogen (secondary N) is 1. The van der Waals surface area contributed by atoms with Gasteiger partial charge < -0.3 is 10.4 Å². The van der Waals surface area contributed by atoms with Crippen LogP contribution in [0.1, 0.15) is 36.0 Å². The molecule has 6 heteroatoms. The Morgan fingerprint density at radius 2 is 2.16 bits per heavy atom. The lowest BCUT2D eigenvalue weighted by molar-refractivity contribution is -0.144. The zero-order valence-electron chi connectivity index (χ0n) is 10.4. The largest absolute Gasteiger partial charge is 0.481 e. The van der Waals surface area contributed by atoms with Crippen molar-refractivity contribution in [3.63, 3.8) is 0 Å². The predicted molar refractivity (Wildman–Crippen MR) is 77.4 cm³/mol. The van der Waals surface area contributed by atoms with Gasteiger partial charge in [0.05, 0.1) is 15.3 Å². The van der Waals surface area contributed by atoms with Crippen molar-refractivity contribution in [2.75, 3.05) is 6.54 Å². The van der Waals surface area contributed by atoms with E-state index in [1.165, 1.54) is 11.3 Å². The van der Waals surface area contributed by atoms with Gasteiger partial charge in [-0.3, -0.25) is 9.59 Å². The van der Waals surface area contributed by atoms with E-state index in [-0.39, 0.29) is 17.7 Å². The van der Waals surface area contributed by atoms with Crippen LogP contribution < -0.4 is 5.32 Å². The fourth-order valence-corrected chi connectivity index (χ4v) is 3.67. The summed E-state index contributed by atoms with van der Waals surface area (Å²) in [6.07, 6.45) is 3.62. The first kappa shape index (κ1) is 14.5. The molecule has 2 N–H and O–H groups in total. The van der Waals surface area contributed by atoms with E-state index in [1.807, 2.05) is 0 Å². The van der Waals surface area contributed by atoms with Crippen molar-refractivity contribution in [1.82, 2.24) is 5.32 Å². The molecule has 0 aliphatic heterocycles. The van der Waals surface area contributed by atoms with Crippen LogP contribution in [0.2, 0.25) is 0 Å². The second-order valence-electron chi connectivity index (χ2n) is 4.84. The molecule has 0 bridgehead atoms. The number of halogens is 1. The first-order valence-electron chi connectivity index (χ1n) is 6.33. The summed E-state index contributed by atoms with van der Waals surface area (Å²) in [5, 5.41) is 13.8. The number of hydrogen-bond acceptors (Lipinski definition) is 3. The second kappa shape index (κ2) is 6.52. The van der Waals surface area contributed by atoms with Gasteiger partial charge in [-0.05, 0) is 40.8 Å². The molecule has 4 nitrogen and oxygen atoms in total. The molecule has 104 valence electrons. The Kier molecular flexibility index (Phi) is 4.99. The van der Waals surface area contributed by atoms with Crippen LogP contribution in [0.4, 0.5) is 0 Å². The van der Waals surface area contributed by atoms with E-state index >= 15 is 0 Å². The quantitative estimate of drug-likeness (QED) is 0.880. The topological polar surface area (TPSA) is 66.4 Å². The monoisotopic (exact) mass is 345 g/mol. The Morgan fingerprint density at radius 1 is 1.42 bits per heavy atom. The van der Waals surface area contributed by atoms with Gasteiger partial charge in [-0.15, -0.1) is 11.3 Å². The van der Waals surface area contributed by atoms with Crippen molar-refractivity contribution in [3.8, 4) is 0 Å². The van der Waals surface area contributed by atoms with Gasteiger partial charge in [-0.1, -0.05) is 12.8 Å². The van der Waals surface area contributed by atoms with Crippen LogP contribution in [0.5, 0.6) is 0 Å². The highest BCUT2D eigenvalue weighted by Crippen LogP contribution is 2.30. The lowest BCUT2D eigenvalue weighted by atomic mass is 9.79. The van der Waals surface area contributed by atoms with E-state index in [0.717, 1.165) is 29.5 Å². The molecule has 1 fully saturated rings. The zero-order valence-corrected chi connectivity index (χ0v) is 12.8. The Bertz CT molecular complexity index is 474. The Balaban J connectivity index is 1.90. The minimum absolute atomic E-state index is 0.0530. The fourth-order valence-electron chi connectivity index (χ4n) is 2.53. The summed E-state index contributed by atoms with van der Waals surface area (Å²) < 4.78 is 0.915. The first-order valence-corrected chi connectivity index (χ1v) is 8.00. The van der Waals surface area contributed by atoms with Crippen molar-refractivity contribution < 1.29 is 14.7 Å². The third kappa shape index (κ3) is 3.79. The van der Waals surface area contributed by atoms with E-state index in [4.69, 9.17) is 0 Å². The maximum absolute atomic E-state index is 11.9. The number of carbonyl (C=O) groups is 2. The van der Waals surface area contributed by atoms with E-state index in [9.17, 15) is 14.7 Å². The molecule has 2 atom stereocenters. The number of amides is 1. The number of hydrogen-bond donors (Lipinski definition) is 2. The van der Waals surface area contributed by atoms with Crippen LogP contribution in [0.3, 0.4) is 0 Å². The second-order valence-corrected chi connectivity index (χ2v) is 7.13. The van der Waals surface area contributed by atoms with Crippen LogP contribution in [0.15, 0.2) is 15.2 Å². The number of carboxylic acid groups (broad SMARTS) is 1. The fraction of sp³-hybridized carbons (Fsp3) is 0.538. The third-order valence-corrected chi connectivity index (χ3v) is 5.09. The van der Waals surface area contributed by atoms with Gasteiger partial charge in [0, 0.05) is 11.9 Å². The SMILES string of the molecule is O=C(NCC1CCCCC1C(=O)O)c1csc(Br)c1. The predicted octanol–water partition coefficient (Wildman–Crippen LogP) is 3.13. The van der Waals surface area contributed by atoms with E-state index < -0.39 is 5.97 Å². The lowest BCUT2D eigenvalue weighted by Crippen LogP contribution is -2.37. The highest BCUT2D eigenvalue weighted by molar-refractivity contribution is 9.11. The molecule has 0 aromatic carbocycles. The molecule has 0 saturated heterocycles. The molecule has 1 aliphatic carbocycles. The number of aliphatic carboxylic acids is 1. The number of carboxylic acids is 1. The van der Waals surface area contributed by atoms with Crippen molar-refractivity contribution in [2.24, 2.45) is 11.8 Å². The molecule has 2 rings (SSSR count). The minimum atomic E-state index is -0.739. The Morgan fingerprint density at radius 3 is 2.79 bits per heavy atom. The summed E-state index contributed by atoms with van der Waals surface area (Å²) in [7, 11) is 0. The molecular formula is C13H16BrNO3S. The molecule has 1 aromatic heterocycles. The van der Waals surface area contributed by atoms with Crippen molar-refractivity contribution in [2.45, 2.75) is 25.7 Å². The summed E-state index contributed by atoms with van der Waals surface area (Å²) in [6.45, 7) is 0.448. The Labute approximate surface area is 124 Å². The van der Waals surface area contributed by atoms with E-state index in [2.05, 4.69) is 21.2 Å². The van der Waals surface area contributed by atoms with Crippen LogP contribution in [-0.2, 0) is 4.79 Å². The van der Waals surface area contributed by atoms with Gasteiger partial charge >= 0.3 is 5.97 Å². The molecule has 1 aromatic rings. The third-order valence-electron chi connectivity index (χ3n) is 3.58. The highest BCUT2D eigenvalue weighted by Gasteiger charge is 2.30. The normalized spacial score (nSPS) is 23.0. The molecule has 2 unspecified atom stereocenters. The smallest absolute Gasteiger partial charge is 0.306 e. The molecule has 0 radical (unpaired) electrons. The van der Waals surface area contributed by atoms with E-state index in [0.29, 0.717) is 12.1 Å². The summed E-state index contributed by atoms with van der Waals surface area (Å²) in [6, 6.07) is 1.77. The molecule has 19 heavy (non-hydrogen) atoms. The Hall–Kier alpha value is -0.880. The zero-order chi connectivity index (χ0) is 13.8. The maximum Gasteiger partial charge on any atom is 0.306 e. The molecule has 1 aliphatic rings. The van der Waals surface area contributed by atoms with Crippen molar-refractivity contribution in [1.29, 1.82) is 0 Å². The summed E-state index contributed by atoms with van der Waals surface area (Å²) in [4.78, 5) is 23.1. The van der Waals surface area contributed by atoms with Crippen molar-refractivity contribution >= 4 is 39.1 Å². The minimum Gasteiger partial charge on any atom is -0.481 e. The van der Waals surface area contributed by atoms with Gasteiger partial charge in [-0.2, -0.15) is 0 Å². The molecule has 1 amide bonds. The number of rotatable bonds is 4. The van der Waals surface area contributed by atoms with Gasteiger partial charge in [0.1, 0.15) is 0 Å². The van der Waals surface area contributed by atoms with Gasteiger partial charge in [0.2, 0.25) is 0 Å². The summed E-state index contributed by atoms with van der Waals surface area (Å²) in [5.74, 6) is -1.13. The number of thiophene rings is 1. The van der Waals surface area contributed by atoms with Crippen LogP contribution >= 0.6 is 27.3 Å². The average molecular weight is 346 g/mol. The lowest BCUT2D eigenvalue weighted by Gasteiger charge is -2.28. The van der Waals surface area contributed by atoms with Gasteiger partial charge in [0.15, 0.2) is 0 Å². The standard InChI is InChI=1S/C13H16BrNO3S/c14-11-5-9(7-19-11)12(16)15-6-8-3-1-2-4-10(8)13(17)18/h5,7-8,10H,1-4,6H2,(H,15,16)(H,17,18). The highest BCUT2D eigenvalue weighted by atomic mass is 79.9. The van der Waals surface area contributed by atoms with Crippen LogP contribution in [0, 0.1) is 11.8 Å². The molecular weight excluding hydrogens is 330 g/mol. The average Bonchev–Trinajstić information content (AvgIpc) is 2.83. The summed E-state index contributed by atoms with van der Waals surface area (Å²) >= 11 is 4.78. The maximum atomic E-state index is 11.9. The van der Waals surface area contributed by atoms with E-state index in [1.54, 1.807) is 11.4 Å². The molecule has 1 saturated carbocycles. The first-order chi connectivity index (χ1) is 9.08. The van der Waals surface area contributed by atoms with Crippen molar-refractivity contribution in [3.05, 3.63) is 20.8 Å². The molecule has 0 spiro atoms.